The zero-order valence-corrected chi connectivity index (χ0v) is 11.3. The van der Waals surface area contributed by atoms with Crippen molar-refractivity contribution in [3.05, 3.63) is 18.1 Å². The second-order valence-corrected chi connectivity index (χ2v) is 5.50. The zero-order chi connectivity index (χ0) is 13.0. The minimum atomic E-state index is -0.00721. The Balaban J connectivity index is 2.16. The summed E-state index contributed by atoms with van der Waals surface area (Å²) in [7, 11) is 0. The highest BCUT2D eigenvalue weighted by Crippen LogP contribution is 2.12. The van der Waals surface area contributed by atoms with E-state index in [1.807, 2.05) is 6.20 Å². The zero-order valence-electron chi connectivity index (χ0n) is 11.3. The third kappa shape index (κ3) is 3.71. The van der Waals surface area contributed by atoms with Crippen molar-refractivity contribution in [3.8, 4) is 11.8 Å². The van der Waals surface area contributed by atoms with E-state index in [1.54, 1.807) is 6.20 Å². The Kier molecular flexibility index (Phi) is 3.83. The molecule has 4 heteroatoms. The molecule has 18 heavy (non-hydrogen) atoms. The summed E-state index contributed by atoms with van der Waals surface area (Å²) in [5.41, 5.74) is 0.744. The van der Waals surface area contributed by atoms with Crippen molar-refractivity contribution >= 4 is 5.82 Å². The maximum Gasteiger partial charge on any atom is 0.148 e. The molecule has 96 valence electrons. The van der Waals surface area contributed by atoms with Gasteiger partial charge in [0.25, 0.3) is 0 Å². The lowest BCUT2D eigenvalue weighted by molar-refractivity contribution is 0.570. The smallest absolute Gasteiger partial charge is 0.148 e. The van der Waals surface area contributed by atoms with E-state index in [2.05, 4.69) is 52.8 Å². The van der Waals surface area contributed by atoms with Gasteiger partial charge in [0.05, 0.1) is 12.4 Å². The van der Waals surface area contributed by atoms with Gasteiger partial charge in [-0.3, -0.25) is 4.98 Å². The van der Waals surface area contributed by atoms with Gasteiger partial charge in [-0.2, -0.15) is 0 Å². The summed E-state index contributed by atoms with van der Waals surface area (Å²) in [6.07, 6.45) is 3.54. The van der Waals surface area contributed by atoms with Crippen LogP contribution in [0.5, 0.6) is 0 Å². The van der Waals surface area contributed by atoms with Crippen LogP contribution in [0.1, 0.15) is 26.5 Å². The Morgan fingerprint density at radius 3 is 2.61 bits per heavy atom. The summed E-state index contributed by atoms with van der Waals surface area (Å²) in [5.74, 6) is 7.21. The van der Waals surface area contributed by atoms with Gasteiger partial charge in [0.15, 0.2) is 0 Å². The standard InChI is InChI=1S/C14H20N4/c1-14(2,3)5-4-12-10-16-11-13(17-12)18-8-6-15-7-9-18/h10-11,15H,6-9H2,1-3H3. The van der Waals surface area contributed by atoms with Gasteiger partial charge in [-0.15, -0.1) is 0 Å². The molecule has 1 aromatic rings. The van der Waals surface area contributed by atoms with E-state index in [1.165, 1.54) is 0 Å². The van der Waals surface area contributed by atoms with E-state index < -0.39 is 0 Å². The molecule has 1 aliphatic rings. The predicted octanol–water partition coefficient (Wildman–Crippen LogP) is 1.28. The number of piperazine rings is 1. The summed E-state index contributed by atoms with van der Waals surface area (Å²) in [6, 6.07) is 0. The molecule has 2 heterocycles. The Morgan fingerprint density at radius 2 is 1.94 bits per heavy atom. The van der Waals surface area contributed by atoms with Crippen molar-refractivity contribution in [2.75, 3.05) is 31.1 Å². The molecule has 0 amide bonds. The van der Waals surface area contributed by atoms with Crippen molar-refractivity contribution < 1.29 is 0 Å². The number of aromatic nitrogens is 2. The van der Waals surface area contributed by atoms with Crippen LogP contribution in [0.25, 0.3) is 0 Å². The van der Waals surface area contributed by atoms with Gasteiger partial charge >= 0.3 is 0 Å². The molecule has 0 bridgehead atoms. The van der Waals surface area contributed by atoms with Crippen LogP contribution in [0.2, 0.25) is 0 Å². The van der Waals surface area contributed by atoms with Gasteiger partial charge in [-0.25, -0.2) is 4.98 Å². The third-order valence-electron chi connectivity index (χ3n) is 2.63. The molecule has 0 atom stereocenters. The average Bonchev–Trinajstić information content (AvgIpc) is 2.37. The molecule has 4 nitrogen and oxygen atoms in total. The monoisotopic (exact) mass is 244 g/mol. The van der Waals surface area contributed by atoms with Gasteiger partial charge in [0.1, 0.15) is 11.5 Å². The van der Waals surface area contributed by atoms with Crippen LogP contribution in [-0.2, 0) is 0 Å². The lowest BCUT2D eigenvalue weighted by Crippen LogP contribution is -2.44. The van der Waals surface area contributed by atoms with Crippen LogP contribution in [0, 0.1) is 17.3 Å². The van der Waals surface area contributed by atoms with Crippen molar-refractivity contribution in [1.29, 1.82) is 0 Å². The number of anilines is 1. The number of nitrogens with one attached hydrogen (secondary N) is 1. The van der Waals surface area contributed by atoms with Crippen LogP contribution in [0.3, 0.4) is 0 Å². The SMILES string of the molecule is CC(C)(C)C#Cc1cncc(N2CCNCC2)n1. The lowest BCUT2D eigenvalue weighted by atomic mass is 9.98. The minimum Gasteiger partial charge on any atom is -0.353 e. The number of rotatable bonds is 1. The first kappa shape index (κ1) is 12.8. The number of hydrogen-bond donors (Lipinski definition) is 1. The van der Waals surface area contributed by atoms with E-state index in [0.29, 0.717) is 0 Å². The number of nitrogens with zero attached hydrogens (tertiary/aromatic N) is 3. The normalized spacial score (nSPS) is 16.1. The Labute approximate surface area is 109 Å². The van der Waals surface area contributed by atoms with Gasteiger partial charge in [-0.05, 0) is 26.7 Å². The molecule has 0 radical (unpaired) electrons. The van der Waals surface area contributed by atoms with Gasteiger partial charge in [0.2, 0.25) is 0 Å². The molecule has 0 aromatic carbocycles. The summed E-state index contributed by atoms with van der Waals surface area (Å²) >= 11 is 0. The van der Waals surface area contributed by atoms with Crippen LogP contribution < -0.4 is 10.2 Å². The molecule has 1 saturated heterocycles. The maximum absolute atomic E-state index is 4.56. The highest BCUT2D eigenvalue weighted by atomic mass is 15.2. The van der Waals surface area contributed by atoms with Crippen LogP contribution in [0.15, 0.2) is 12.4 Å². The van der Waals surface area contributed by atoms with Crippen LogP contribution in [0.4, 0.5) is 5.82 Å². The molecule has 1 N–H and O–H groups in total. The largest absolute Gasteiger partial charge is 0.353 e. The molecule has 0 unspecified atom stereocenters. The summed E-state index contributed by atoms with van der Waals surface area (Å²) in [5, 5.41) is 3.33. The van der Waals surface area contributed by atoms with Crippen LogP contribution in [-0.4, -0.2) is 36.1 Å². The molecule has 1 aromatic heterocycles. The average molecular weight is 244 g/mol. The third-order valence-corrected chi connectivity index (χ3v) is 2.63. The van der Waals surface area contributed by atoms with E-state index in [9.17, 15) is 0 Å². The first-order chi connectivity index (χ1) is 8.54. The summed E-state index contributed by atoms with van der Waals surface area (Å²) in [6.45, 7) is 10.2. The molecule has 0 spiro atoms. The van der Waals surface area contributed by atoms with Gasteiger partial charge < -0.3 is 10.2 Å². The predicted molar refractivity (Wildman–Crippen MR) is 73.4 cm³/mol. The first-order valence-electron chi connectivity index (χ1n) is 6.35. The highest BCUT2D eigenvalue weighted by molar-refractivity contribution is 5.40. The molecule has 1 fully saturated rings. The highest BCUT2D eigenvalue weighted by Gasteiger charge is 2.12. The second-order valence-electron chi connectivity index (χ2n) is 5.50. The van der Waals surface area contributed by atoms with Crippen molar-refractivity contribution in [2.24, 2.45) is 5.41 Å². The fourth-order valence-electron chi connectivity index (χ4n) is 1.71. The summed E-state index contributed by atoms with van der Waals surface area (Å²) < 4.78 is 0. The Bertz CT molecular complexity index is 459. The fourth-order valence-corrected chi connectivity index (χ4v) is 1.71. The van der Waals surface area contributed by atoms with Crippen molar-refractivity contribution in [3.63, 3.8) is 0 Å². The summed E-state index contributed by atoms with van der Waals surface area (Å²) in [4.78, 5) is 11.0. The quantitative estimate of drug-likeness (QED) is 0.756. The fraction of sp³-hybridized carbons (Fsp3) is 0.571. The van der Waals surface area contributed by atoms with E-state index in [-0.39, 0.29) is 5.41 Å². The first-order valence-corrected chi connectivity index (χ1v) is 6.35. The van der Waals surface area contributed by atoms with Gasteiger partial charge in [0, 0.05) is 31.6 Å². The number of hydrogen-bond acceptors (Lipinski definition) is 4. The molecule has 2 rings (SSSR count). The van der Waals surface area contributed by atoms with Crippen molar-refractivity contribution in [1.82, 2.24) is 15.3 Å². The van der Waals surface area contributed by atoms with E-state index in [4.69, 9.17) is 0 Å². The van der Waals surface area contributed by atoms with Crippen LogP contribution >= 0.6 is 0 Å². The van der Waals surface area contributed by atoms with E-state index >= 15 is 0 Å². The molecule has 0 saturated carbocycles. The second kappa shape index (κ2) is 5.36. The van der Waals surface area contributed by atoms with Crippen molar-refractivity contribution in [2.45, 2.75) is 20.8 Å². The molecular weight excluding hydrogens is 224 g/mol. The maximum atomic E-state index is 4.56. The molecule has 1 aliphatic heterocycles. The Morgan fingerprint density at radius 1 is 1.22 bits per heavy atom. The molecule has 0 aliphatic carbocycles. The van der Waals surface area contributed by atoms with Gasteiger partial charge in [-0.1, -0.05) is 5.92 Å². The topological polar surface area (TPSA) is 41.1 Å². The Hall–Kier alpha value is -1.60. The minimum absolute atomic E-state index is 0.00721. The lowest BCUT2D eigenvalue weighted by Gasteiger charge is -2.28. The molecular formula is C14H20N4. The van der Waals surface area contributed by atoms with E-state index in [0.717, 1.165) is 37.7 Å².